The fourth-order valence-electron chi connectivity index (χ4n) is 1.74. The summed E-state index contributed by atoms with van der Waals surface area (Å²) in [6.07, 6.45) is 1.06. The maximum Gasteiger partial charge on any atom is 0.309 e. The first-order chi connectivity index (χ1) is 8.56. The molecule has 0 saturated heterocycles. The molecule has 18 heavy (non-hydrogen) atoms. The van der Waals surface area contributed by atoms with Gasteiger partial charge in [0.2, 0.25) is 0 Å². The lowest BCUT2D eigenvalue weighted by atomic mass is 9.93. The third-order valence-electron chi connectivity index (χ3n) is 2.82. The van der Waals surface area contributed by atoms with Gasteiger partial charge in [0.1, 0.15) is 11.5 Å². The molecule has 1 aromatic carbocycles. The molecule has 4 heteroatoms. The van der Waals surface area contributed by atoms with E-state index in [9.17, 15) is 14.7 Å². The molecule has 4 nitrogen and oxygen atoms in total. The number of phenolic OH excluding ortho intramolecular Hbond substituents is 1. The maximum atomic E-state index is 11.6. The van der Waals surface area contributed by atoms with Gasteiger partial charge in [0.15, 0.2) is 0 Å². The standard InChI is InChI=1S/C14H18O4/c1-3-12(15)9-11(14(17)18-2)8-10-4-6-13(16)7-5-10/h4-7,11,16H,3,8-9H2,1-2H3/t11-/m1/s1. The van der Waals surface area contributed by atoms with E-state index in [1.165, 1.54) is 7.11 Å². The normalized spacial score (nSPS) is 11.9. The van der Waals surface area contributed by atoms with Crippen molar-refractivity contribution in [3.05, 3.63) is 29.8 Å². The molecular weight excluding hydrogens is 232 g/mol. The molecule has 0 aliphatic carbocycles. The van der Waals surface area contributed by atoms with E-state index >= 15 is 0 Å². The van der Waals surface area contributed by atoms with Gasteiger partial charge in [-0.2, -0.15) is 0 Å². The van der Waals surface area contributed by atoms with Gasteiger partial charge >= 0.3 is 5.97 Å². The van der Waals surface area contributed by atoms with Crippen LogP contribution in [0.5, 0.6) is 5.75 Å². The van der Waals surface area contributed by atoms with Crippen LogP contribution in [0.15, 0.2) is 24.3 Å². The Labute approximate surface area is 107 Å². The van der Waals surface area contributed by atoms with Crippen molar-refractivity contribution < 1.29 is 19.4 Å². The van der Waals surface area contributed by atoms with Gasteiger partial charge in [0, 0.05) is 12.8 Å². The second-order valence-corrected chi connectivity index (χ2v) is 4.19. The molecule has 0 aliphatic heterocycles. The van der Waals surface area contributed by atoms with E-state index in [-0.39, 0.29) is 23.9 Å². The van der Waals surface area contributed by atoms with E-state index in [4.69, 9.17) is 4.74 Å². The highest BCUT2D eigenvalue weighted by Crippen LogP contribution is 2.17. The van der Waals surface area contributed by atoms with Crippen molar-refractivity contribution in [2.24, 2.45) is 5.92 Å². The van der Waals surface area contributed by atoms with Gasteiger partial charge in [0.05, 0.1) is 13.0 Å². The second-order valence-electron chi connectivity index (χ2n) is 4.19. The predicted octanol–water partition coefficient (Wildman–Crippen LogP) is 2.09. The molecule has 1 N–H and O–H groups in total. The molecule has 0 saturated carbocycles. The van der Waals surface area contributed by atoms with E-state index in [2.05, 4.69) is 0 Å². The number of esters is 1. The molecular formula is C14H18O4. The molecule has 0 aliphatic rings. The first-order valence-electron chi connectivity index (χ1n) is 5.94. The Morgan fingerprint density at radius 1 is 1.28 bits per heavy atom. The number of aromatic hydroxyl groups is 1. The highest BCUT2D eigenvalue weighted by Gasteiger charge is 2.22. The van der Waals surface area contributed by atoms with Crippen LogP contribution in [0.4, 0.5) is 0 Å². The van der Waals surface area contributed by atoms with Crippen LogP contribution in [-0.4, -0.2) is 24.0 Å². The van der Waals surface area contributed by atoms with Crippen LogP contribution < -0.4 is 0 Å². The monoisotopic (exact) mass is 250 g/mol. The number of rotatable bonds is 6. The molecule has 0 heterocycles. The number of Topliss-reactive ketones (excluding diaryl/α,β-unsaturated/α-hetero) is 1. The second kappa shape index (κ2) is 6.79. The SMILES string of the molecule is CCC(=O)C[C@@H](Cc1ccc(O)cc1)C(=O)OC. The van der Waals surface area contributed by atoms with Crippen LogP contribution in [0, 0.1) is 5.92 Å². The van der Waals surface area contributed by atoms with E-state index in [0.29, 0.717) is 12.8 Å². The summed E-state index contributed by atoms with van der Waals surface area (Å²) in [4.78, 5) is 23.1. The fourth-order valence-corrected chi connectivity index (χ4v) is 1.74. The molecule has 0 aromatic heterocycles. The van der Waals surface area contributed by atoms with Gasteiger partial charge in [-0.15, -0.1) is 0 Å². The Kier molecular flexibility index (Phi) is 5.36. The predicted molar refractivity (Wildman–Crippen MR) is 67.2 cm³/mol. The molecule has 1 atom stereocenters. The first-order valence-corrected chi connectivity index (χ1v) is 5.94. The van der Waals surface area contributed by atoms with Gasteiger partial charge in [-0.05, 0) is 24.1 Å². The van der Waals surface area contributed by atoms with E-state index in [0.717, 1.165) is 5.56 Å². The van der Waals surface area contributed by atoms with Crippen molar-refractivity contribution >= 4 is 11.8 Å². The van der Waals surface area contributed by atoms with E-state index in [1.807, 2.05) is 0 Å². The number of ketones is 1. The zero-order valence-corrected chi connectivity index (χ0v) is 10.7. The number of methoxy groups -OCH3 is 1. The van der Waals surface area contributed by atoms with Crippen molar-refractivity contribution in [3.63, 3.8) is 0 Å². The third-order valence-corrected chi connectivity index (χ3v) is 2.82. The molecule has 98 valence electrons. The summed E-state index contributed by atoms with van der Waals surface area (Å²) in [5, 5.41) is 9.18. The summed E-state index contributed by atoms with van der Waals surface area (Å²) in [6.45, 7) is 1.78. The van der Waals surface area contributed by atoms with Crippen LogP contribution in [-0.2, 0) is 20.7 Å². The number of ether oxygens (including phenoxy) is 1. The quantitative estimate of drug-likeness (QED) is 0.785. The minimum Gasteiger partial charge on any atom is -0.508 e. The lowest BCUT2D eigenvalue weighted by molar-refractivity contribution is -0.147. The number of carbonyl (C=O) groups is 2. The third kappa shape index (κ3) is 4.20. The molecule has 1 aromatic rings. The Hall–Kier alpha value is -1.84. The van der Waals surface area contributed by atoms with Gasteiger partial charge in [-0.25, -0.2) is 0 Å². The highest BCUT2D eigenvalue weighted by molar-refractivity contribution is 5.84. The molecule has 0 amide bonds. The topological polar surface area (TPSA) is 63.6 Å². The molecule has 0 unspecified atom stereocenters. The van der Waals surface area contributed by atoms with Gasteiger partial charge in [-0.1, -0.05) is 19.1 Å². The van der Waals surface area contributed by atoms with Crippen molar-refractivity contribution in [1.29, 1.82) is 0 Å². The van der Waals surface area contributed by atoms with Crippen LogP contribution in [0.3, 0.4) is 0 Å². The lowest BCUT2D eigenvalue weighted by Crippen LogP contribution is -2.21. The lowest BCUT2D eigenvalue weighted by Gasteiger charge is -2.13. The van der Waals surface area contributed by atoms with E-state index < -0.39 is 5.92 Å². The fraction of sp³-hybridized carbons (Fsp3) is 0.429. The Balaban J connectivity index is 2.74. The molecule has 0 spiro atoms. The smallest absolute Gasteiger partial charge is 0.309 e. The summed E-state index contributed by atoms with van der Waals surface area (Å²) >= 11 is 0. The average molecular weight is 250 g/mol. The number of hydrogen-bond acceptors (Lipinski definition) is 4. The molecule has 0 bridgehead atoms. The minimum absolute atomic E-state index is 0.0455. The summed E-state index contributed by atoms with van der Waals surface area (Å²) < 4.78 is 4.71. The van der Waals surface area contributed by atoms with Crippen molar-refractivity contribution in [2.75, 3.05) is 7.11 Å². The average Bonchev–Trinajstić information content (AvgIpc) is 2.39. The largest absolute Gasteiger partial charge is 0.508 e. The van der Waals surface area contributed by atoms with Crippen molar-refractivity contribution in [3.8, 4) is 5.75 Å². The molecule has 0 radical (unpaired) electrons. The number of benzene rings is 1. The zero-order chi connectivity index (χ0) is 13.5. The maximum absolute atomic E-state index is 11.6. The number of carbonyl (C=O) groups excluding carboxylic acids is 2. The number of hydrogen-bond donors (Lipinski definition) is 1. The van der Waals surface area contributed by atoms with Crippen LogP contribution >= 0.6 is 0 Å². The highest BCUT2D eigenvalue weighted by atomic mass is 16.5. The Morgan fingerprint density at radius 2 is 1.89 bits per heavy atom. The summed E-state index contributed by atoms with van der Waals surface area (Å²) in [5.74, 6) is -0.598. The molecule has 1 rings (SSSR count). The number of phenols is 1. The van der Waals surface area contributed by atoms with Crippen molar-refractivity contribution in [2.45, 2.75) is 26.2 Å². The summed E-state index contributed by atoms with van der Waals surface area (Å²) in [6, 6.07) is 6.60. The minimum atomic E-state index is -0.452. The zero-order valence-electron chi connectivity index (χ0n) is 10.7. The van der Waals surface area contributed by atoms with Crippen LogP contribution in [0.2, 0.25) is 0 Å². The molecule has 0 fully saturated rings. The van der Waals surface area contributed by atoms with Gasteiger partial charge in [-0.3, -0.25) is 9.59 Å². The van der Waals surface area contributed by atoms with Crippen molar-refractivity contribution in [1.82, 2.24) is 0 Å². The van der Waals surface area contributed by atoms with Gasteiger partial charge < -0.3 is 9.84 Å². The Morgan fingerprint density at radius 3 is 2.39 bits per heavy atom. The first kappa shape index (κ1) is 14.2. The summed E-state index contributed by atoms with van der Waals surface area (Å²) in [7, 11) is 1.32. The van der Waals surface area contributed by atoms with Crippen LogP contribution in [0.1, 0.15) is 25.3 Å². The summed E-state index contributed by atoms with van der Waals surface area (Å²) in [5.41, 5.74) is 0.895. The van der Waals surface area contributed by atoms with Crippen LogP contribution in [0.25, 0.3) is 0 Å². The Bertz CT molecular complexity index is 408. The van der Waals surface area contributed by atoms with Gasteiger partial charge in [0.25, 0.3) is 0 Å². The van der Waals surface area contributed by atoms with E-state index in [1.54, 1.807) is 31.2 Å².